The molecule has 1 aromatic heterocycles. The summed E-state index contributed by atoms with van der Waals surface area (Å²) < 4.78 is 1.95. The first kappa shape index (κ1) is 14.3. The van der Waals surface area contributed by atoms with Gasteiger partial charge in [0.05, 0.1) is 11.1 Å². The molecule has 0 saturated heterocycles. The molecule has 1 aromatic carbocycles. The van der Waals surface area contributed by atoms with Gasteiger partial charge in [-0.25, -0.2) is 4.68 Å². The van der Waals surface area contributed by atoms with Crippen LogP contribution in [0.3, 0.4) is 0 Å². The summed E-state index contributed by atoms with van der Waals surface area (Å²) in [6.07, 6.45) is 8.68. The van der Waals surface area contributed by atoms with Crippen molar-refractivity contribution < 1.29 is 0 Å². The first-order valence-corrected chi connectivity index (χ1v) is 7.97. The fraction of sp³-hybridized carbons (Fsp3) is 0.533. The number of nitrogen functional groups attached to an aromatic ring is 1. The minimum Gasteiger partial charge on any atom is -0.399 e. The summed E-state index contributed by atoms with van der Waals surface area (Å²) in [7, 11) is 0. The number of nitrogens with two attached hydrogens (primary N) is 1. The second-order valence-corrected chi connectivity index (χ2v) is 6.09. The minimum absolute atomic E-state index is 0.365. The summed E-state index contributed by atoms with van der Waals surface area (Å²) >= 11 is 6.30. The maximum Gasteiger partial charge on any atom is 0.183 e. The largest absolute Gasteiger partial charge is 0.399 e. The Morgan fingerprint density at radius 2 is 1.81 bits per heavy atom. The van der Waals surface area contributed by atoms with Crippen molar-refractivity contribution in [3.8, 4) is 11.4 Å². The van der Waals surface area contributed by atoms with Crippen molar-refractivity contribution in [1.29, 1.82) is 0 Å². The third kappa shape index (κ3) is 3.18. The van der Waals surface area contributed by atoms with Gasteiger partial charge in [0.2, 0.25) is 0 Å². The molecule has 1 aliphatic carbocycles. The molecule has 0 bridgehead atoms. The van der Waals surface area contributed by atoms with Gasteiger partial charge in [0, 0.05) is 11.3 Å². The molecular weight excluding hydrogens is 286 g/mol. The van der Waals surface area contributed by atoms with E-state index in [0.717, 1.165) is 24.2 Å². The second-order valence-electron chi connectivity index (χ2n) is 5.69. The van der Waals surface area contributed by atoms with E-state index >= 15 is 0 Å². The predicted molar refractivity (Wildman–Crippen MR) is 84.0 cm³/mol. The molecule has 0 spiro atoms. The number of tetrazole rings is 1. The number of anilines is 1. The van der Waals surface area contributed by atoms with E-state index in [2.05, 4.69) is 15.5 Å². The Hall–Kier alpha value is -1.62. The molecule has 1 fully saturated rings. The average molecular weight is 306 g/mol. The molecule has 0 unspecified atom stereocenters. The van der Waals surface area contributed by atoms with E-state index in [9.17, 15) is 0 Å². The lowest BCUT2D eigenvalue weighted by molar-refractivity contribution is 0.345. The zero-order valence-electron chi connectivity index (χ0n) is 12.0. The predicted octanol–water partition coefficient (Wildman–Crippen LogP) is 3.86. The van der Waals surface area contributed by atoms with Crippen molar-refractivity contribution in [3.63, 3.8) is 0 Å². The van der Waals surface area contributed by atoms with Gasteiger partial charge in [-0.1, -0.05) is 43.7 Å². The summed E-state index contributed by atoms with van der Waals surface area (Å²) in [5.41, 5.74) is 7.25. The summed E-state index contributed by atoms with van der Waals surface area (Å²) in [4.78, 5) is 0. The molecule has 2 N–H and O–H groups in total. The van der Waals surface area contributed by atoms with Crippen LogP contribution >= 0.6 is 11.6 Å². The molecular formula is C15H20ClN5. The van der Waals surface area contributed by atoms with Crippen LogP contribution in [0, 0.1) is 0 Å². The molecule has 2 aromatic rings. The molecule has 21 heavy (non-hydrogen) atoms. The van der Waals surface area contributed by atoms with Gasteiger partial charge in [-0.3, -0.25) is 0 Å². The van der Waals surface area contributed by atoms with Crippen molar-refractivity contribution in [3.05, 3.63) is 23.2 Å². The third-order valence-electron chi connectivity index (χ3n) is 4.15. The number of halogens is 1. The van der Waals surface area contributed by atoms with Crippen molar-refractivity contribution in [2.45, 2.75) is 51.0 Å². The zero-order valence-corrected chi connectivity index (χ0v) is 12.8. The van der Waals surface area contributed by atoms with Crippen LogP contribution in [-0.2, 0) is 0 Å². The summed E-state index contributed by atoms with van der Waals surface area (Å²) in [6.45, 7) is 0. The van der Waals surface area contributed by atoms with Crippen LogP contribution in [-0.4, -0.2) is 20.2 Å². The highest BCUT2D eigenvalue weighted by Crippen LogP contribution is 2.32. The molecule has 1 heterocycles. The van der Waals surface area contributed by atoms with Gasteiger partial charge >= 0.3 is 0 Å². The maximum absolute atomic E-state index is 6.30. The fourth-order valence-corrected chi connectivity index (χ4v) is 3.28. The van der Waals surface area contributed by atoms with Crippen LogP contribution in [0.2, 0.25) is 5.02 Å². The first-order chi connectivity index (χ1) is 10.3. The summed E-state index contributed by atoms with van der Waals surface area (Å²) in [5, 5.41) is 12.9. The Morgan fingerprint density at radius 3 is 2.52 bits per heavy atom. The Labute approximate surface area is 129 Å². The molecule has 0 radical (unpaired) electrons. The highest BCUT2D eigenvalue weighted by Gasteiger charge is 2.20. The molecule has 5 nitrogen and oxygen atoms in total. The van der Waals surface area contributed by atoms with E-state index in [4.69, 9.17) is 17.3 Å². The lowest BCUT2D eigenvalue weighted by Crippen LogP contribution is -2.14. The summed E-state index contributed by atoms with van der Waals surface area (Å²) in [6, 6.07) is 5.83. The van der Waals surface area contributed by atoms with Crippen LogP contribution in [0.1, 0.15) is 51.0 Å². The number of nitrogens with zero attached hydrogens (tertiary/aromatic N) is 4. The molecule has 0 amide bonds. The highest BCUT2D eigenvalue weighted by atomic mass is 35.5. The van der Waals surface area contributed by atoms with E-state index in [1.807, 2.05) is 16.8 Å². The molecule has 0 atom stereocenters. The molecule has 1 saturated carbocycles. The van der Waals surface area contributed by atoms with Gasteiger partial charge < -0.3 is 5.73 Å². The van der Waals surface area contributed by atoms with Crippen molar-refractivity contribution >= 4 is 17.3 Å². The molecule has 0 aliphatic heterocycles. The zero-order chi connectivity index (χ0) is 14.7. The third-order valence-corrected chi connectivity index (χ3v) is 4.46. The Kier molecular flexibility index (Phi) is 4.39. The van der Waals surface area contributed by atoms with Crippen LogP contribution in [0.4, 0.5) is 5.69 Å². The average Bonchev–Trinajstić information content (AvgIpc) is 2.87. The fourth-order valence-electron chi connectivity index (χ4n) is 3.01. The Bertz CT molecular complexity index is 602. The SMILES string of the molecule is Nc1ccc(-c2nnnn2C2CCCCCCC2)c(Cl)c1. The smallest absolute Gasteiger partial charge is 0.183 e. The van der Waals surface area contributed by atoms with Crippen molar-refractivity contribution in [1.82, 2.24) is 20.2 Å². The van der Waals surface area contributed by atoms with Crippen LogP contribution in [0.15, 0.2) is 18.2 Å². The number of benzene rings is 1. The minimum atomic E-state index is 0.365. The monoisotopic (exact) mass is 305 g/mol. The second kappa shape index (κ2) is 6.43. The lowest BCUT2D eigenvalue weighted by atomic mass is 9.96. The number of rotatable bonds is 2. The van der Waals surface area contributed by atoms with E-state index in [-0.39, 0.29) is 0 Å². The Balaban J connectivity index is 1.92. The van der Waals surface area contributed by atoms with Crippen LogP contribution in [0.5, 0.6) is 0 Å². The van der Waals surface area contributed by atoms with Crippen LogP contribution < -0.4 is 5.73 Å². The van der Waals surface area contributed by atoms with Crippen molar-refractivity contribution in [2.75, 3.05) is 5.73 Å². The van der Waals surface area contributed by atoms with Crippen molar-refractivity contribution in [2.24, 2.45) is 0 Å². The highest BCUT2D eigenvalue weighted by molar-refractivity contribution is 6.33. The molecule has 112 valence electrons. The van der Waals surface area contributed by atoms with Gasteiger partial charge in [0.15, 0.2) is 5.82 Å². The maximum atomic E-state index is 6.30. The van der Waals surface area contributed by atoms with E-state index in [0.29, 0.717) is 16.8 Å². The Morgan fingerprint density at radius 1 is 1.10 bits per heavy atom. The standard InChI is InChI=1S/C15H20ClN5/c16-14-10-11(17)8-9-13(14)15-18-19-20-21(15)12-6-4-2-1-3-5-7-12/h8-10,12H,1-7,17H2. The van der Waals surface area contributed by atoms with E-state index < -0.39 is 0 Å². The van der Waals surface area contributed by atoms with Gasteiger partial charge in [-0.05, 0) is 41.5 Å². The molecule has 3 rings (SSSR count). The van der Waals surface area contributed by atoms with Gasteiger partial charge in [0.25, 0.3) is 0 Å². The quantitative estimate of drug-likeness (QED) is 0.855. The molecule has 1 aliphatic rings. The van der Waals surface area contributed by atoms with Gasteiger partial charge in [0.1, 0.15) is 0 Å². The first-order valence-electron chi connectivity index (χ1n) is 7.59. The number of aromatic nitrogens is 4. The molecule has 6 heteroatoms. The number of hydrogen-bond donors (Lipinski definition) is 1. The lowest BCUT2D eigenvalue weighted by Gasteiger charge is -2.20. The van der Waals surface area contributed by atoms with Gasteiger partial charge in [-0.15, -0.1) is 5.10 Å². The normalized spacial score (nSPS) is 17.4. The number of hydrogen-bond acceptors (Lipinski definition) is 4. The topological polar surface area (TPSA) is 69.6 Å². The van der Waals surface area contributed by atoms with E-state index in [1.54, 1.807) is 6.07 Å². The van der Waals surface area contributed by atoms with Gasteiger partial charge in [-0.2, -0.15) is 0 Å². The van der Waals surface area contributed by atoms with Crippen LogP contribution in [0.25, 0.3) is 11.4 Å². The summed E-state index contributed by atoms with van der Waals surface area (Å²) in [5.74, 6) is 0.741. The van der Waals surface area contributed by atoms with E-state index in [1.165, 1.54) is 32.1 Å².